The second kappa shape index (κ2) is 8.53. The van der Waals surface area contributed by atoms with E-state index in [1.165, 1.54) is 18.2 Å². The lowest BCUT2D eigenvalue weighted by molar-refractivity contribution is -0.274. The van der Waals surface area contributed by atoms with Crippen molar-refractivity contribution in [3.63, 3.8) is 0 Å². The zero-order valence-corrected chi connectivity index (χ0v) is 16.2. The molecule has 0 aliphatic heterocycles. The number of hydrogen-bond donors (Lipinski definition) is 2. The fourth-order valence-corrected chi connectivity index (χ4v) is 3.55. The van der Waals surface area contributed by atoms with Gasteiger partial charge < -0.3 is 24.3 Å². The molecule has 160 valence electrons. The van der Waals surface area contributed by atoms with E-state index in [1.54, 1.807) is 42.5 Å². The van der Waals surface area contributed by atoms with E-state index in [4.69, 9.17) is 9.47 Å². The number of hydrogen-bond acceptors (Lipinski definition) is 5. The molecule has 2 N–H and O–H groups in total. The first-order valence-corrected chi connectivity index (χ1v) is 9.57. The summed E-state index contributed by atoms with van der Waals surface area (Å²) >= 11 is 0. The molecule has 1 atom stereocenters. The molecule has 0 saturated heterocycles. The third-order valence-electron chi connectivity index (χ3n) is 4.90. The monoisotopic (exact) mass is 430 g/mol. The van der Waals surface area contributed by atoms with E-state index in [0.29, 0.717) is 29.8 Å². The van der Waals surface area contributed by atoms with Gasteiger partial charge in [0.15, 0.2) is 0 Å². The highest BCUT2D eigenvalue weighted by molar-refractivity contribution is 6.58. The number of ether oxygens (including phenoxy) is 3. The van der Waals surface area contributed by atoms with Gasteiger partial charge in [0.2, 0.25) is 0 Å². The predicted molar refractivity (Wildman–Crippen MR) is 108 cm³/mol. The molecule has 5 nitrogen and oxygen atoms in total. The summed E-state index contributed by atoms with van der Waals surface area (Å²) in [6.45, 7) is 0. The zero-order chi connectivity index (χ0) is 22.0. The van der Waals surface area contributed by atoms with Crippen molar-refractivity contribution in [3.05, 3.63) is 77.9 Å². The molecule has 1 aliphatic carbocycles. The Labute approximate surface area is 176 Å². The van der Waals surface area contributed by atoms with Crippen molar-refractivity contribution >= 4 is 12.6 Å². The maximum absolute atomic E-state index is 12.5. The Morgan fingerprint density at radius 3 is 2.29 bits per heavy atom. The molecule has 3 aromatic rings. The third kappa shape index (κ3) is 5.12. The molecular weight excluding hydrogens is 412 g/mol. The fraction of sp³-hybridized carbons (Fsp3) is 0.182. The number of alkyl halides is 3. The summed E-state index contributed by atoms with van der Waals surface area (Å²) in [5.74, 6) is 1.02. The van der Waals surface area contributed by atoms with Gasteiger partial charge in [0, 0.05) is 11.6 Å². The Hall–Kier alpha value is -3.17. The average molecular weight is 430 g/mol. The highest BCUT2D eigenvalue weighted by Gasteiger charge is 2.31. The van der Waals surface area contributed by atoms with Crippen LogP contribution >= 0.6 is 0 Å². The van der Waals surface area contributed by atoms with Gasteiger partial charge in [-0.05, 0) is 54.2 Å². The van der Waals surface area contributed by atoms with Crippen molar-refractivity contribution in [2.75, 3.05) is 0 Å². The summed E-state index contributed by atoms with van der Waals surface area (Å²) in [5.41, 5.74) is 2.23. The van der Waals surface area contributed by atoms with E-state index in [9.17, 15) is 23.2 Å². The third-order valence-corrected chi connectivity index (χ3v) is 4.90. The van der Waals surface area contributed by atoms with Gasteiger partial charge in [-0.25, -0.2) is 0 Å². The van der Waals surface area contributed by atoms with Gasteiger partial charge in [0.05, 0.1) is 0 Å². The van der Waals surface area contributed by atoms with Crippen LogP contribution in [0.4, 0.5) is 13.2 Å². The van der Waals surface area contributed by atoms with Crippen LogP contribution in [-0.2, 0) is 6.42 Å². The number of fused-ring (bicyclic) bond motifs is 1. The van der Waals surface area contributed by atoms with Crippen molar-refractivity contribution in [2.45, 2.75) is 25.3 Å². The Morgan fingerprint density at radius 2 is 1.58 bits per heavy atom. The van der Waals surface area contributed by atoms with Gasteiger partial charge >= 0.3 is 13.5 Å². The van der Waals surface area contributed by atoms with Crippen molar-refractivity contribution in [3.8, 4) is 23.0 Å². The Balaban J connectivity index is 1.51. The van der Waals surface area contributed by atoms with Gasteiger partial charge in [0.25, 0.3) is 0 Å². The van der Waals surface area contributed by atoms with E-state index in [2.05, 4.69) is 4.74 Å². The molecule has 0 radical (unpaired) electrons. The van der Waals surface area contributed by atoms with Crippen molar-refractivity contribution in [1.82, 2.24) is 0 Å². The summed E-state index contributed by atoms with van der Waals surface area (Å²) in [6.07, 6.45) is -3.60. The molecule has 9 heteroatoms. The zero-order valence-electron chi connectivity index (χ0n) is 16.2. The molecule has 0 saturated carbocycles. The van der Waals surface area contributed by atoms with E-state index < -0.39 is 13.5 Å². The fourth-order valence-electron chi connectivity index (χ4n) is 3.55. The lowest BCUT2D eigenvalue weighted by Gasteiger charge is -2.16. The maximum Gasteiger partial charge on any atom is 0.573 e. The lowest BCUT2D eigenvalue weighted by atomic mass is 9.80. The van der Waals surface area contributed by atoms with Crippen LogP contribution in [0.15, 0.2) is 66.7 Å². The summed E-state index contributed by atoms with van der Waals surface area (Å²) in [5, 5.41) is 18.4. The molecular formula is C22H18BF3O5. The van der Waals surface area contributed by atoms with Crippen LogP contribution in [0.2, 0.25) is 0 Å². The topological polar surface area (TPSA) is 68.2 Å². The van der Waals surface area contributed by atoms with Crippen molar-refractivity contribution < 1.29 is 37.4 Å². The van der Waals surface area contributed by atoms with Crippen LogP contribution in [0.5, 0.6) is 23.0 Å². The second-order valence-corrected chi connectivity index (χ2v) is 7.04. The second-order valence-electron chi connectivity index (χ2n) is 7.04. The van der Waals surface area contributed by atoms with Gasteiger partial charge in [0.1, 0.15) is 29.1 Å². The van der Waals surface area contributed by atoms with Gasteiger partial charge in [-0.2, -0.15) is 0 Å². The SMILES string of the molecule is OB(O)c1ccc(OC2CCc3c(Oc4cccc(OC(F)(F)F)c4)cccc32)cc1. The van der Waals surface area contributed by atoms with E-state index in [-0.39, 0.29) is 17.6 Å². The Morgan fingerprint density at radius 1 is 0.871 bits per heavy atom. The minimum absolute atomic E-state index is 0.219. The van der Waals surface area contributed by atoms with Crippen LogP contribution in [0.25, 0.3) is 0 Å². The average Bonchev–Trinajstić information content (AvgIpc) is 3.11. The molecule has 31 heavy (non-hydrogen) atoms. The van der Waals surface area contributed by atoms with Crippen LogP contribution in [0, 0.1) is 0 Å². The number of halogens is 3. The van der Waals surface area contributed by atoms with Crippen molar-refractivity contribution in [1.29, 1.82) is 0 Å². The predicted octanol–water partition coefficient (Wildman–Crippen LogP) is 4.12. The quantitative estimate of drug-likeness (QED) is 0.576. The van der Waals surface area contributed by atoms with E-state index in [1.807, 2.05) is 6.07 Å². The molecule has 1 unspecified atom stereocenters. The molecule has 4 rings (SSSR count). The summed E-state index contributed by atoms with van der Waals surface area (Å²) in [4.78, 5) is 0. The molecule has 0 fully saturated rings. The molecule has 0 spiro atoms. The number of rotatable bonds is 6. The molecule has 0 heterocycles. The van der Waals surface area contributed by atoms with Crippen molar-refractivity contribution in [2.24, 2.45) is 0 Å². The molecule has 0 amide bonds. The minimum Gasteiger partial charge on any atom is -0.486 e. The van der Waals surface area contributed by atoms with Gasteiger partial charge in [-0.1, -0.05) is 30.3 Å². The van der Waals surface area contributed by atoms with Crippen LogP contribution in [0.1, 0.15) is 23.7 Å². The first-order chi connectivity index (χ1) is 14.8. The number of benzene rings is 3. The van der Waals surface area contributed by atoms with Gasteiger partial charge in [-0.3, -0.25) is 0 Å². The molecule has 0 bridgehead atoms. The van der Waals surface area contributed by atoms with Crippen LogP contribution < -0.4 is 19.7 Å². The summed E-state index contributed by atoms with van der Waals surface area (Å²) < 4.78 is 53.2. The van der Waals surface area contributed by atoms with E-state index >= 15 is 0 Å². The van der Waals surface area contributed by atoms with E-state index in [0.717, 1.165) is 11.1 Å². The molecule has 0 aromatic heterocycles. The van der Waals surface area contributed by atoms with Crippen LogP contribution in [0.3, 0.4) is 0 Å². The standard InChI is InChI=1S/C22H18BF3O5/c24-22(25,26)31-17-4-1-3-16(13-17)30-20-6-2-5-18-19(20)11-12-21(18)29-15-9-7-14(8-10-15)23(27)28/h1-10,13,21,27-28H,11-12H2. The maximum atomic E-state index is 12.5. The smallest absolute Gasteiger partial charge is 0.486 e. The summed E-state index contributed by atoms with van der Waals surface area (Å²) in [6, 6.07) is 17.4. The highest BCUT2D eigenvalue weighted by Crippen LogP contribution is 2.41. The van der Waals surface area contributed by atoms with Gasteiger partial charge in [-0.15, -0.1) is 13.2 Å². The Bertz CT molecular complexity index is 1050. The Kier molecular flexibility index (Phi) is 5.80. The minimum atomic E-state index is -4.77. The molecule has 1 aliphatic rings. The largest absolute Gasteiger partial charge is 0.573 e. The highest BCUT2D eigenvalue weighted by atomic mass is 19.4. The first kappa shape index (κ1) is 21.1. The first-order valence-electron chi connectivity index (χ1n) is 9.57. The molecule has 3 aromatic carbocycles. The van der Waals surface area contributed by atoms with Crippen LogP contribution in [-0.4, -0.2) is 23.5 Å². The lowest BCUT2D eigenvalue weighted by Crippen LogP contribution is -2.29. The normalized spacial score (nSPS) is 15.3. The summed E-state index contributed by atoms with van der Waals surface area (Å²) in [7, 11) is -1.54.